The molecule has 0 saturated carbocycles. The molecular formula is C11H20N6O2. The number of rotatable bonds is 7. The number of nitrogen functional groups attached to an aromatic ring is 1. The van der Waals surface area contributed by atoms with Gasteiger partial charge in [0.25, 0.3) is 0 Å². The number of nitrogens with two attached hydrogens (primary N) is 3. The van der Waals surface area contributed by atoms with Crippen molar-refractivity contribution in [1.82, 2.24) is 9.78 Å². The van der Waals surface area contributed by atoms with Crippen LogP contribution in [0.25, 0.3) is 0 Å². The lowest BCUT2D eigenvalue weighted by Gasteiger charge is -2.23. The SMILES string of the molecule is CCCn1nc(C)c(N)c1N(CC(N)=O)CC(N)=O. The monoisotopic (exact) mass is 268 g/mol. The van der Waals surface area contributed by atoms with Crippen molar-refractivity contribution in [3.05, 3.63) is 5.69 Å². The summed E-state index contributed by atoms with van der Waals surface area (Å²) in [6.45, 7) is 4.10. The van der Waals surface area contributed by atoms with E-state index in [0.717, 1.165) is 6.42 Å². The molecule has 0 aromatic carbocycles. The summed E-state index contributed by atoms with van der Waals surface area (Å²) in [7, 11) is 0. The van der Waals surface area contributed by atoms with Crippen molar-refractivity contribution in [2.24, 2.45) is 11.5 Å². The quantitative estimate of drug-likeness (QED) is 0.581. The van der Waals surface area contributed by atoms with Crippen LogP contribution in [0.4, 0.5) is 11.5 Å². The number of primary amides is 2. The molecule has 1 heterocycles. The van der Waals surface area contributed by atoms with Crippen LogP contribution in [-0.2, 0) is 16.1 Å². The van der Waals surface area contributed by atoms with Gasteiger partial charge >= 0.3 is 0 Å². The molecular weight excluding hydrogens is 248 g/mol. The van der Waals surface area contributed by atoms with Crippen LogP contribution >= 0.6 is 0 Å². The van der Waals surface area contributed by atoms with Gasteiger partial charge in [-0.05, 0) is 13.3 Å². The van der Waals surface area contributed by atoms with Crippen molar-refractivity contribution in [3.8, 4) is 0 Å². The van der Waals surface area contributed by atoms with Gasteiger partial charge in [-0.25, -0.2) is 4.68 Å². The highest BCUT2D eigenvalue weighted by molar-refractivity contribution is 5.86. The molecule has 0 aliphatic carbocycles. The highest BCUT2D eigenvalue weighted by atomic mass is 16.2. The second-order valence-electron chi connectivity index (χ2n) is 4.33. The predicted molar refractivity (Wildman–Crippen MR) is 72.3 cm³/mol. The Morgan fingerprint density at radius 1 is 1.26 bits per heavy atom. The first kappa shape index (κ1) is 14.8. The molecule has 0 aliphatic rings. The first-order valence-corrected chi connectivity index (χ1v) is 6.01. The van der Waals surface area contributed by atoms with Crippen LogP contribution in [0, 0.1) is 6.92 Å². The van der Waals surface area contributed by atoms with Crippen molar-refractivity contribution < 1.29 is 9.59 Å². The average Bonchev–Trinajstić information content (AvgIpc) is 2.53. The van der Waals surface area contributed by atoms with Gasteiger partial charge in [0.1, 0.15) is 0 Å². The Labute approximate surface area is 111 Å². The molecule has 19 heavy (non-hydrogen) atoms. The van der Waals surface area contributed by atoms with Gasteiger partial charge in [-0.1, -0.05) is 6.92 Å². The number of carbonyl (C=O) groups is 2. The summed E-state index contributed by atoms with van der Waals surface area (Å²) in [5, 5.41) is 4.28. The lowest BCUT2D eigenvalue weighted by atomic mass is 10.3. The molecule has 0 fully saturated rings. The van der Waals surface area contributed by atoms with E-state index in [-0.39, 0.29) is 13.1 Å². The van der Waals surface area contributed by atoms with Crippen LogP contribution in [-0.4, -0.2) is 34.7 Å². The van der Waals surface area contributed by atoms with E-state index >= 15 is 0 Å². The van der Waals surface area contributed by atoms with E-state index in [2.05, 4.69) is 5.10 Å². The Balaban J connectivity index is 3.18. The van der Waals surface area contributed by atoms with E-state index in [1.54, 1.807) is 11.6 Å². The van der Waals surface area contributed by atoms with Crippen molar-refractivity contribution in [2.45, 2.75) is 26.8 Å². The van der Waals surface area contributed by atoms with Crippen LogP contribution in [0.3, 0.4) is 0 Å². The molecule has 106 valence electrons. The molecule has 6 N–H and O–H groups in total. The summed E-state index contributed by atoms with van der Waals surface area (Å²) in [6.07, 6.45) is 0.842. The standard InChI is InChI=1S/C11H20N6O2/c1-3-4-17-11(10(14)7(2)15-17)16(5-8(12)18)6-9(13)19/h3-6,14H2,1-2H3,(H2,12,18)(H2,13,19). The number of hydrogen-bond acceptors (Lipinski definition) is 5. The van der Waals surface area contributed by atoms with E-state index in [4.69, 9.17) is 17.2 Å². The minimum Gasteiger partial charge on any atom is -0.394 e. The lowest BCUT2D eigenvalue weighted by molar-refractivity contribution is -0.117. The van der Waals surface area contributed by atoms with Crippen molar-refractivity contribution in [2.75, 3.05) is 23.7 Å². The average molecular weight is 268 g/mol. The molecule has 0 radical (unpaired) electrons. The zero-order chi connectivity index (χ0) is 14.6. The highest BCUT2D eigenvalue weighted by Crippen LogP contribution is 2.26. The third-order valence-corrected chi connectivity index (χ3v) is 2.57. The number of anilines is 2. The number of hydrogen-bond donors (Lipinski definition) is 3. The maximum atomic E-state index is 11.1. The largest absolute Gasteiger partial charge is 0.394 e. The molecule has 1 aromatic rings. The summed E-state index contributed by atoms with van der Waals surface area (Å²) >= 11 is 0. The smallest absolute Gasteiger partial charge is 0.237 e. The molecule has 1 rings (SSSR count). The molecule has 2 amide bonds. The van der Waals surface area contributed by atoms with Gasteiger partial charge in [0.15, 0.2) is 5.82 Å². The van der Waals surface area contributed by atoms with Crippen LogP contribution in [0.15, 0.2) is 0 Å². The maximum Gasteiger partial charge on any atom is 0.237 e. The van der Waals surface area contributed by atoms with Gasteiger partial charge in [0, 0.05) is 6.54 Å². The fourth-order valence-corrected chi connectivity index (χ4v) is 1.87. The second kappa shape index (κ2) is 6.07. The number of amides is 2. The number of nitrogens with zero attached hydrogens (tertiary/aromatic N) is 3. The molecule has 0 aliphatic heterocycles. The first-order chi connectivity index (χ1) is 8.86. The summed E-state index contributed by atoms with van der Waals surface area (Å²) in [5.74, 6) is -0.623. The molecule has 0 saturated heterocycles. The van der Waals surface area contributed by atoms with Gasteiger partial charge < -0.3 is 22.1 Å². The van der Waals surface area contributed by atoms with Gasteiger partial charge in [0.05, 0.1) is 24.5 Å². The lowest BCUT2D eigenvalue weighted by Crippen LogP contribution is -2.41. The fraction of sp³-hybridized carbons (Fsp3) is 0.545. The molecule has 0 unspecified atom stereocenters. The number of aryl methyl sites for hydroxylation is 2. The molecule has 0 spiro atoms. The first-order valence-electron chi connectivity index (χ1n) is 6.01. The number of aromatic nitrogens is 2. The zero-order valence-electron chi connectivity index (χ0n) is 11.2. The highest BCUT2D eigenvalue weighted by Gasteiger charge is 2.21. The Bertz CT molecular complexity index is 466. The van der Waals surface area contributed by atoms with E-state index in [1.807, 2.05) is 6.92 Å². The van der Waals surface area contributed by atoms with E-state index < -0.39 is 11.8 Å². The summed E-state index contributed by atoms with van der Waals surface area (Å²) in [4.78, 5) is 23.7. The van der Waals surface area contributed by atoms with Crippen LogP contribution in [0.5, 0.6) is 0 Å². The Morgan fingerprint density at radius 3 is 2.21 bits per heavy atom. The van der Waals surface area contributed by atoms with E-state index in [1.165, 1.54) is 4.90 Å². The molecule has 0 bridgehead atoms. The van der Waals surface area contributed by atoms with Crippen molar-refractivity contribution in [1.29, 1.82) is 0 Å². The van der Waals surface area contributed by atoms with Crippen LogP contribution in [0.2, 0.25) is 0 Å². The predicted octanol–water partition coefficient (Wildman–Crippen LogP) is -1.04. The molecule has 8 nitrogen and oxygen atoms in total. The van der Waals surface area contributed by atoms with Gasteiger partial charge in [-0.3, -0.25) is 9.59 Å². The minimum absolute atomic E-state index is 0.137. The minimum atomic E-state index is -0.567. The maximum absolute atomic E-state index is 11.1. The van der Waals surface area contributed by atoms with E-state index in [0.29, 0.717) is 23.7 Å². The summed E-state index contributed by atoms with van der Waals surface area (Å²) in [5.41, 5.74) is 17.4. The fourth-order valence-electron chi connectivity index (χ4n) is 1.87. The topological polar surface area (TPSA) is 133 Å². The molecule has 1 aromatic heterocycles. The zero-order valence-corrected chi connectivity index (χ0v) is 11.2. The van der Waals surface area contributed by atoms with Gasteiger partial charge in [-0.15, -0.1) is 0 Å². The Morgan fingerprint density at radius 2 is 1.79 bits per heavy atom. The second-order valence-corrected chi connectivity index (χ2v) is 4.33. The van der Waals surface area contributed by atoms with Crippen molar-refractivity contribution >= 4 is 23.3 Å². The third kappa shape index (κ3) is 3.60. The normalized spacial score (nSPS) is 10.4. The number of carbonyl (C=O) groups excluding carboxylic acids is 2. The summed E-state index contributed by atoms with van der Waals surface area (Å²) in [6, 6.07) is 0. The summed E-state index contributed by atoms with van der Waals surface area (Å²) < 4.78 is 1.66. The Kier molecular flexibility index (Phi) is 4.74. The van der Waals surface area contributed by atoms with Gasteiger partial charge in [0.2, 0.25) is 11.8 Å². The third-order valence-electron chi connectivity index (χ3n) is 2.57. The Hall–Kier alpha value is -2.25. The van der Waals surface area contributed by atoms with Crippen molar-refractivity contribution in [3.63, 3.8) is 0 Å². The molecule has 8 heteroatoms. The van der Waals surface area contributed by atoms with E-state index in [9.17, 15) is 9.59 Å². The molecule has 0 atom stereocenters. The van der Waals surface area contributed by atoms with Crippen LogP contribution in [0.1, 0.15) is 19.0 Å². The van der Waals surface area contributed by atoms with Gasteiger partial charge in [-0.2, -0.15) is 5.10 Å². The van der Waals surface area contributed by atoms with Crippen LogP contribution < -0.4 is 22.1 Å².